The van der Waals surface area contributed by atoms with Crippen molar-refractivity contribution < 1.29 is 0 Å². The molecular formula is C49H30N2S. The number of nitrogens with zero attached hydrogens (tertiary/aromatic N) is 2. The fourth-order valence-corrected chi connectivity index (χ4v) is 9.37. The normalized spacial score (nSPS) is 11.8. The summed E-state index contributed by atoms with van der Waals surface area (Å²) < 4.78 is 5.00. The van der Waals surface area contributed by atoms with Crippen LogP contribution in [0.2, 0.25) is 0 Å². The van der Waals surface area contributed by atoms with Crippen LogP contribution in [0.5, 0.6) is 0 Å². The highest BCUT2D eigenvalue weighted by Gasteiger charge is 2.17. The Hall–Kier alpha value is -6.55. The topological polar surface area (TPSA) is 17.8 Å². The van der Waals surface area contributed by atoms with Crippen LogP contribution in [0.15, 0.2) is 182 Å². The monoisotopic (exact) mass is 678 g/mol. The molecule has 52 heavy (non-hydrogen) atoms. The van der Waals surface area contributed by atoms with Gasteiger partial charge in [-0.3, -0.25) is 0 Å². The summed E-state index contributed by atoms with van der Waals surface area (Å²) in [5.74, 6) is 0. The number of thiophene rings is 1. The third-order valence-electron chi connectivity index (χ3n) is 10.6. The Balaban J connectivity index is 1.02. The minimum atomic E-state index is 1.03. The van der Waals surface area contributed by atoms with E-state index >= 15 is 0 Å². The number of aromatic nitrogens is 2. The molecular weight excluding hydrogens is 649 g/mol. The lowest BCUT2D eigenvalue weighted by atomic mass is 9.96. The molecule has 11 aromatic rings. The number of fused-ring (bicyclic) bond motifs is 10. The molecule has 0 aliphatic rings. The van der Waals surface area contributed by atoms with Crippen LogP contribution in [0.4, 0.5) is 0 Å². The standard InChI is InChI=1S/C49H30N2S/c1-3-11-33(12-4-1)48-41-27-26-39-42-29-34(24-28-46(42)52-49(39)47(41)40-16-7-9-17-43(40)50-48)31-19-21-32(22-20-31)35-23-25-38-37-15-8-10-18-44(37)51(45(38)30-35)36-13-5-2-6-14-36/h1-30H. The maximum Gasteiger partial charge on any atom is 0.0788 e. The van der Waals surface area contributed by atoms with Crippen LogP contribution in [-0.2, 0) is 0 Å². The SMILES string of the molecule is c1ccc(-c2nc3ccccc3c3c2ccc2c4cc(-c5ccc(-c6ccc7c8ccccc8n(-c8ccccc8)c7c6)cc5)ccc4sc23)cc1. The summed E-state index contributed by atoms with van der Waals surface area (Å²) >= 11 is 1.89. The fourth-order valence-electron chi connectivity index (χ4n) is 8.12. The zero-order valence-electron chi connectivity index (χ0n) is 28.1. The molecule has 0 spiro atoms. The van der Waals surface area contributed by atoms with Gasteiger partial charge in [-0.25, -0.2) is 4.98 Å². The molecule has 0 N–H and O–H groups in total. The molecule has 3 aromatic heterocycles. The van der Waals surface area contributed by atoms with Gasteiger partial charge in [-0.1, -0.05) is 140 Å². The smallest absolute Gasteiger partial charge is 0.0788 e. The third-order valence-corrected chi connectivity index (χ3v) is 11.8. The second kappa shape index (κ2) is 11.5. The number of hydrogen-bond acceptors (Lipinski definition) is 2. The highest BCUT2D eigenvalue weighted by atomic mass is 32.1. The van der Waals surface area contributed by atoms with Gasteiger partial charge in [-0.15, -0.1) is 11.3 Å². The molecule has 0 bridgehead atoms. The van der Waals surface area contributed by atoms with Gasteiger partial charge >= 0.3 is 0 Å². The van der Waals surface area contributed by atoms with Gasteiger partial charge in [0.2, 0.25) is 0 Å². The minimum absolute atomic E-state index is 1.03. The highest BCUT2D eigenvalue weighted by molar-refractivity contribution is 7.26. The number of rotatable bonds is 4. The molecule has 0 aliphatic heterocycles. The van der Waals surface area contributed by atoms with E-state index in [9.17, 15) is 0 Å². The Morgan fingerprint density at radius 3 is 1.79 bits per heavy atom. The van der Waals surface area contributed by atoms with Gasteiger partial charge in [0.05, 0.1) is 22.2 Å². The largest absolute Gasteiger partial charge is 0.309 e. The van der Waals surface area contributed by atoms with Gasteiger partial charge in [-0.05, 0) is 64.7 Å². The summed E-state index contributed by atoms with van der Waals surface area (Å²) in [5.41, 5.74) is 11.7. The Morgan fingerprint density at radius 2 is 0.981 bits per heavy atom. The van der Waals surface area contributed by atoms with Crippen LogP contribution in [0.1, 0.15) is 0 Å². The van der Waals surface area contributed by atoms with Crippen LogP contribution in [0.25, 0.3) is 103 Å². The van der Waals surface area contributed by atoms with E-state index in [1.165, 1.54) is 86.1 Å². The minimum Gasteiger partial charge on any atom is -0.309 e. The van der Waals surface area contributed by atoms with E-state index in [1.54, 1.807) is 0 Å². The van der Waals surface area contributed by atoms with Gasteiger partial charge in [0.15, 0.2) is 0 Å². The first-order valence-electron chi connectivity index (χ1n) is 17.7. The van der Waals surface area contributed by atoms with Crippen molar-refractivity contribution in [3.8, 4) is 39.2 Å². The average Bonchev–Trinajstić information content (AvgIpc) is 3.76. The van der Waals surface area contributed by atoms with Crippen LogP contribution < -0.4 is 0 Å². The Kier molecular flexibility index (Phi) is 6.46. The molecule has 3 heteroatoms. The molecule has 0 unspecified atom stereocenters. The predicted octanol–water partition coefficient (Wildman–Crippen LogP) is 13.9. The first kappa shape index (κ1) is 29.2. The van der Waals surface area contributed by atoms with E-state index < -0.39 is 0 Å². The second-order valence-electron chi connectivity index (χ2n) is 13.5. The highest BCUT2D eigenvalue weighted by Crippen LogP contribution is 2.44. The van der Waals surface area contributed by atoms with Crippen LogP contribution >= 0.6 is 11.3 Å². The molecule has 2 nitrogen and oxygen atoms in total. The molecule has 0 aliphatic carbocycles. The molecule has 8 aromatic carbocycles. The average molecular weight is 679 g/mol. The summed E-state index contributed by atoms with van der Waals surface area (Å²) in [6.45, 7) is 0. The van der Waals surface area contributed by atoms with E-state index in [0.717, 1.165) is 16.8 Å². The van der Waals surface area contributed by atoms with Crippen LogP contribution in [0.3, 0.4) is 0 Å². The van der Waals surface area contributed by atoms with E-state index in [4.69, 9.17) is 4.98 Å². The third kappa shape index (κ3) is 4.46. The Bertz CT molecular complexity index is 3150. The Morgan fingerprint density at radius 1 is 0.385 bits per heavy atom. The quantitative estimate of drug-likeness (QED) is 0.169. The van der Waals surface area contributed by atoms with Gasteiger partial charge in [0, 0.05) is 58.4 Å². The van der Waals surface area contributed by atoms with Gasteiger partial charge in [0.25, 0.3) is 0 Å². The zero-order valence-corrected chi connectivity index (χ0v) is 28.9. The number of hydrogen-bond donors (Lipinski definition) is 0. The molecule has 0 saturated heterocycles. The number of pyridine rings is 1. The predicted molar refractivity (Wildman–Crippen MR) is 223 cm³/mol. The lowest BCUT2D eigenvalue weighted by Crippen LogP contribution is -1.93. The number of para-hydroxylation sites is 3. The van der Waals surface area contributed by atoms with E-state index in [2.05, 4.69) is 187 Å². The number of benzene rings is 8. The molecule has 0 fully saturated rings. The molecule has 3 heterocycles. The molecule has 0 atom stereocenters. The molecule has 242 valence electrons. The van der Waals surface area contributed by atoms with Gasteiger partial charge in [0.1, 0.15) is 0 Å². The lowest BCUT2D eigenvalue weighted by molar-refractivity contribution is 1.18. The lowest BCUT2D eigenvalue weighted by Gasteiger charge is -2.11. The first-order chi connectivity index (χ1) is 25.8. The van der Waals surface area contributed by atoms with Crippen molar-refractivity contribution in [2.45, 2.75) is 0 Å². The van der Waals surface area contributed by atoms with Crippen LogP contribution in [0, 0.1) is 0 Å². The Labute approximate surface area is 304 Å². The maximum atomic E-state index is 5.16. The molecule has 0 amide bonds. The zero-order chi connectivity index (χ0) is 34.2. The van der Waals surface area contributed by atoms with Crippen LogP contribution in [-0.4, -0.2) is 9.55 Å². The summed E-state index contributed by atoms with van der Waals surface area (Å²) in [6.07, 6.45) is 0. The van der Waals surface area contributed by atoms with Gasteiger partial charge in [-0.2, -0.15) is 0 Å². The summed E-state index contributed by atoms with van der Waals surface area (Å²) in [4.78, 5) is 5.16. The summed E-state index contributed by atoms with van der Waals surface area (Å²) in [5, 5.41) is 8.82. The summed E-state index contributed by atoms with van der Waals surface area (Å²) in [7, 11) is 0. The van der Waals surface area contributed by atoms with Gasteiger partial charge < -0.3 is 4.57 Å². The van der Waals surface area contributed by atoms with E-state index in [1.807, 2.05) is 11.3 Å². The van der Waals surface area contributed by atoms with Crippen molar-refractivity contribution in [1.29, 1.82) is 0 Å². The van der Waals surface area contributed by atoms with E-state index in [-0.39, 0.29) is 0 Å². The summed E-state index contributed by atoms with van der Waals surface area (Å²) in [6, 6.07) is 66.0. The van der Waals surface area contributed by atoms with Crippen molar-refractivity contribution in [3.05, 3.63) is 182 Å². The molecule has 0 saturated carbocycles. The van der Waals surface area contributed by atoms with Crippen molar-refractivity contribution in [2.75, 3.05) is 0 Å². The molecule has 0 radical (unpaired) electrons. The van der Waals surface area contributed by atoms with E-state index in [0.29, 0.717) is 0 Å². The second-order valence-corrected chi connectivity index (χ2v) is 14.6. The van der Waals surface area contributed by atoms with Crippen molar-refractivity contribution in [1.82, 2.24) is 9.55 Å². The molecule has 11 rings (SSSR count). The van der Waals surface area contributed by atoms with Crippen molar-refractivity contribution in [3.63, 3.8) is 0 Å². The fraction of sp³-hybridized carbons (Fsp3) is 0. The maximum absolute atomic E-state index is 5.16. The van der Waals surface area contributed by atoms with Crippen molar-refractivity contribution in [2.24, 2.45) is 0 Å². The first-order valence-corrected chi connectivity index (χ1v) is 18.5. The van der Waals surface area contributed by atoms with Crippen molar-refractivity contribution >= 4 is 75.0 Å².